The summed E-state index contributed by atoms with van der Waals surface area (Å²) >= 11 is 0. The maximum atomic E-state index is 11.6. The molecule has 1 heterocycles. The molecule has 1 aliphatic rings. The van der Waals surface area contributed by atoms with Gasteiger partial charge in [0.2, 0.25) is 0 Å². The van der Waals surface area contributed by atoms with Gasteiger partial charge in [0.25, 0.3) is 0 Å². The third-order valence-electron chi connectivity index (χ3n) is 4.59. The average molecular weight is 307 g/mol. The molecule has 1 aliphatic carbocycles. The van der Waals surface area contributed by atoms with Gasteiger partial charge in [-0.2, -0.15) is 0 Å². The van der Waals surface area contributed by atoms with E-state index in [1.165, 1.54) is 19.3 Å². The second kappa shape index (κ2) is 6.34. The molecule has 0 radical (unpaired) electrons. The summed E-state index contributed by atoms with van der Waals surface area (Å²) in [6, 6.07) is 9.08. The van der Waals surface area contributed by atoms with Gasteiger partial charge in [0.15, 0.2) is 0 Å². The maximum Gasteiger partial charge on any atom is 0.337 e. The van der Waals surface area contributed by atoms with E-state index < -0.39 is 5.97 Å². The molecule has 118 valence electrons. The number of carboxylic acids is 1. The summed E-state index contributed by atoms with van der Waals surface area (Å²) in [6.45, 7) is 2.22. The van der Waals surface area contributed by atoms with Gasteiger partial charge in [-0.15, -0.1) is 0 Å². The fourth-order valence-electron chi connectivity index (χ4n) is 3.25. The third-order valence-corrected chi connectivity index (χ3v) is 4.59. The summed E-state index contributed by atoms with van der Waals surface area (Å²) in [6.07, 6.45) is 9.70. The van der Waals surface area contributed by atoms with Crippen molar-refractivity contribution in [1.82, 2.24) is 4.57 Å². The fraction of sp³-hybridized carbons (Fsp3) is 0.350. The van der Waals surface area contributed by atoms with Gasteiger partial charge >= 0.3 is 5.97 Å². The topological polar surface area (TPSA) is 42.2 Å². The van der Waals surface area contributed by atoms with Crippen molar-refractivity contribution in [2.24, 2.45) is 5.41 Å². The van der Waals surface area contributed by atoms with Crippen molar-refractivity contribution in [2.75, 3.05) is 0 Å². The first kappa shape index (κ1) is 15.4. The molecule has 0 atom stereocenters. The van der Waals surface area contributed by atoms with E-state index in [9.17, 15) is 9.90 Å². The van der Waals surface area contributed by atoms with Gasteiger partial charge in [-0.05, 0) is 44.0 Å². The number of benzene rings is 1. The van der Waals surface area contributed by atoms with Crippen molar-refractivity contribution in [3.8, 4) is 17.5 Å². The SMILES string of the molecule is CC1(C#Cc2cccc(C(=O)O)c2-n2cccc2)CCCCC1. The molecule has 1 aromatic carbocycles. The van der Waals surface area contributed by atoms with Crippen LogP contribution in [0, 0.1) is 17.3 Å². The van der Waals surface area contributed by atoms with Crippen LogP contribution in [0.4, 0.5) is 0 Å². The molecule has 0 amide bonds. The van der Waals surface area contributed by atoms with Crippen LogP contribution in [0.2, 0.25) is 0 Å². The number of hydrogen-bond acceptors (Lipinski definition) is 1. The lowest BCUT2D eigenvalue weighted by Gasteiger charge is -2.28. The summed E-state index contributed by atoms with van der Waals surface area (Å²) < 4.78 is 1.83. The molecule has 3 heteroatoms. The lowest BCUT2D eigenvalue weighted by molar-refractivity contribution is 0.0697. The van der Waals surface area contributed by atoms with Crippen LogP contribution >= 0.6 is 0 Å². The molecular weight excluding hydrogens is 286 g/mol. The lowest BCUT2D eigenvalue weighted by Crippen LogP contribution is -2.17. The first-order chi connectivity index (χ1) is 11.1. The number of rotatable bonds is 2. The van der Waals surface area contributed by atoms with E-state index in [-0.39, 0.29) is 11.0 Å². The first-order valence-corrected chi connectivity index (χ1v) is 8.12. The Morgan fingerprint density at radius 1 is 1.13 bits per heavy atom. The number of para-hydroxylation sites is 1. The zero-order chi connectivity index (χ0) is 16.3. The molecule has 0 spiro atoms. The lowest BCUT2D eigenvalue weighted by atomic mass is 9.76. The van der Waals surface area contributed by atoms with Crippen LogP contribution < -0.4 is 0 Å². The molecule has 3 rings (SSSR count). The monoisotopic (exact) mass is 307 g/mol. The molecule has 0 unspecified atom stereocenters. The Morgan fingerprint density at radius 2 is 1.83 bits per heavy atom. The Kier molecular flexibility index (Phi) is 4.25. The van der Waals surface area contributed by atoms with E-state index in [1.807, 2.05) is 35.2 Å². The second-order valence-electron chi connectivity index (χ2n) is 6.47. The van der Waals surface area contributed by atoms with Gasteiger partial charge in [-0.1, -0.05) is 37.2 Å². The van der Waals surface area contributed by atoms with Crippen molar-refractivity contribution < 1.29 is 9.90 Å². The minimum absolute atomic E-state index is 0.0471. The van der Waals surface area contributed by atoms with Crippen molar-refractivity contribution in [2.45, 2.75) is 39.0 Å². The summed E-state index contributed by atoms with van der Waals surface area (Å²) in [4.78, 5) is 11.6. The Hall–Kier alpha value is -2.47. The molecule has 2 aromatic rings. The van der Waals surface area contributed by atoms with E-state index in [1.54, 1.807) is 12.1 Å². The number of hydrogen-bond donors (Lipinski definition) is 1. The smallest absolute Gasteiger partial charge is 0.337 e. The molecule has 1 saturated carbocycles. The van der Waals surface area contributed by atoms with Crippen molar-refractivity contribution in [3.05, 3.63) is 53.9 Å². The number of carbonyl (C=O) groups is 1. The molecule has 1 N–H and O–H groups in total. The molecule has 3 nitrogen and oxygen atoms in total. The summed E-state index contributed by atoms with van der Waals surface area (Å²) in [5, 5.41) is 9.50. The molecule has 0 saturated heterocycles. The number of aromatic nitrogens is 1. The van der Waals surface area contributed by atoms with Gasteiger partial charge in [0.05, 0.1) is 11.3 Å². The predicted molar refractivity (Wildman–Crippen MR) is 90.8 cm³/mol. The van der Waals surface area contributed by atoms with E-state index >= 15 is 0 Å². The van der Waals surface area contributed by atoms with E-state index in [0.717, 1.165) is 18.4 Å². The number of nitrogens with zero attached hydrogens (tertiary/aromatic N) is 1. The zero-order valence-corrected chi connectivity index (χ0v) is 13.4. The normalized spacial score (nSPS) is 16.4. The summed E-state index contributed by atoms with van der Waals surface area (Å²) in [5.41, 5.74) is 1.75. The van der Waals surface area contributed by atoms with Crippen molar-refractivity contribution in [3.63, 3.8) is 0 Å². The van der Waals surface area contributed by atoms with Crippen molar-refractivity contribution >= 4 is 5.97 Å². The maximum absolute atomic E-state index is 11.6. The Balaban J connectivity index is 2.06. The predicted octanol–water partition coefficient (Wildman–Crippen LogP) is 4.50. The first-order valence-electron chi connectivity index (χ1n) is 8.12. The fourth-order valence-corrected chi connectivity index (χ4v) is 3.25. The van der Waals surface area contributed by atoms with E-state index in [2.05, 4.69) is 18.8 Å². The van der Waals surface area contributed by atoms with E-state index in [0.29, 0.717) is 5.69 Å². The largest absolute Gasteiger partial charge is 0.478 e. The summed E-state index contributed by atoms with van der Waals surface area (Å²) in [5.74, 6) is 5.77. The second-order valence-corrected chi connectivity index (χ2v) is 6.47. The summed E-state index contributed by atoms with van der Waals surface area (Å²) in [7, 11) is 0. The number of carboxylic acid groups (broad SMARTS) is 1. The van der Waals surface area contributed by atoms with Gasteiger partial charge in [0.1, 0.15) is 0 Å². The molecular formula is C20H21NO2. The zero-order valence-electron chi connectivity index (χ0n) is 13.4. The molecule has 23 heavy (non-hydrogen) atoms. The Labute approximate surface area is 137 Å². The van der Waals surface area contributed by atoms with Crippen molar-refractivity contribution in [1.29, 1.82) is 0 Å². The Bertz CT molecular complexity index is 757. The van der Waals surface area contributed by atoms with E-state index in [4.69, 9.17) is 0 Å². The molecule has 0 aliphatic heterocycles. The quantitative estimate of drug-likeness (QED) is 0.830. The molecule has 1 fully saturated rings. The molecule has 0 bridgehead atoms. The van der Waals surface area contributed by atoms with Crippen LogP contribution in [0.15, 0.2) is 42.7 Å². The van der Waals surface area contributed by atoms with Crippen LogP contribution in [0.5, 0.6) is 0 Å². The Morgan fingerprint density at radius 3 is 2.48 bits per heavy atom. The van der Waals surface area contributed by atoms with Crippen LogP contribution in [0.1, 0.15) is 54.9 Å². The average Bonchev–Trinajstić information content (AvgIpc) is 3.07. The minimum Gasteiger partial charge on any atom is -0.478 e. The number of aromatic carboxylic acids is 1. The standard InChI is InChI=1S/C20H21NO2/c1-20(11-3-2-4-12-20)13-10-16-8-7-9-17(19(22)23)18(16)21-14-5-6-15-21/h5-9,14-15H,2-4,11-12H2,1H3,(H,22,23). The van der Waals surface area contributed by atoms with Crippen LogP contribution in [-0.2, 0) is 0 Å². The highest BCUT2D eigenvalue weighted by atomic mass is 16.4. The highest BCUT2D eigenvalue weighted by Gasteiger charge is 2.24. The highest BCUT2D eigenvalue weighted by molar-refractivity contribution is 5.93. The highest BCUT2D eigenvalue weighted by Crippen LogP contribution is 2.35. The van der Waals surface area contributed by atoms with Gasteiger partial charge < -0.3 is 9.67 Å². The van der Waals surface area contributed by atoms with Crippen LogP contribution in [0.3, 0.4) is 0 Å². The van der Waals surface area contributed by atoms with Gasteiger partial charge in [-0.25, -0.2) is 4.79 Å². The minimum atomic E-state index is -0.929. The van der Waals surface area contributed by atoms with Crippen LogP contribution in [-0.4, -0.2) is 15.6 Å². The third kappa shape index (κ3) is 3.32. The van der Waals surface area contributed by atoms with Gasteiger partial charge in [-0.3, -0.25) is 0 Å². The van der Waals surface area contributed by atoms with Gasteiger partial charge in [0, 0.05) is 23.4 Å². The molecule has 1 aromatic heterocycles. The van der Waals surface area contributed by atoms with Crippen LogP contribution in [0.25, 0.3) is 5.69 Å².